The van der Waals surface area contributed by atoms with E-state index in [1.54, 1.807) is 6.33 Å². The van der Waals surface area contributed by atoms with Gasteiger partial charge < -0.3 is 19.9 Å². The van der Waals surface area contributed by atoms with Crippen LogP contribution in [0.4, 0.5) is 5.95 Å². The molecule has 29 heavy (non-hydrogen) atoms. The fourth-order valence-corrected chi connectivity index (χ4v) is 4.14. The molecule has 5 rings (SSSR count). The number of aromatic amines is 1. The van der Waals surface area contributed by atoms with Gasteiger partial charge in [-0.3, -0.25) is 4.79 Å². The molecule has 0 aliphatic carbocycles. The average molecular weight is 392 g/mol. The largest absolute Gasteiger partial charge is 0.381 e. The number of imidazole rings is 1. The van der Waals surface area contributed by atoms with Crippen molar-refractivity contribution in [3.63, 3.8) is 0 Å². The molecule has 1 amide bonds. The van der Waals surface area contributed by atoms with E-state index in [1.807, 2.05) is 30.5 Å². The minimum Gasteiger partial charge on any atom is -0.381 e. The van der Waals surface area contributed by atoms with Gasteiger partial charge in [0.05, 0.1) is 17.4 Å². The lowest BCUT2D eigenvalue weighted by atomic mass is 9.96. The number of ether oxygens (including phenoxy) is 1. The van der Waals surface area contributed by atoms with Gasteiger partial charge in [-0.2, -0.15) is 0 Å². The van der Waals surface area contributed by atoms with Gasteiger partial charge in [0, 0.05) is 55.7 Å². The third-order valence-electron chi connectivity index (χ3n) is 5.79. The number of anilines is 1. The summed E-state index contributed by atoms with van der Waals surface area (Å²) >= 11 is 0. The summed E-state index contributed by atoms with van der Waals surface area (Å²) < 4.78 is 5.46. The van der Waals surface area contributed by atoms with E-state index in [1.165, 1.54) is 0 Å². The highest BCUT2D eigenvalue weighted by Gasteiger charge is 2.27. The Morgan fingerprint density at radius 3 is 2.97 bits per heavy atom. The molecular formula is C21H24N6O2. The number of aromatic nitrogens is 4. The quantitative estimate of drug-likeness (QED) is 0.707. The van der Waals surface area contributed by atoms with E-state index < -0.39 is 0 Å². The molecule has 8 nitrogen and oxygen atoms in total. The number of H-pyrrole nitrogens is 1. The van der Waals surface area contributed by atoms with Crippen LogP contribution in [0.25, 0.3) is 11.0 Å². The molecule has 2 N–H and O–H groups in total. The number of fused-ring (bicyclic) bond motifs is 1. The monoisotopic (exact) mass is 392 g/mol. The third-order valence-corrected chi connectivity index (χ3v) is 5.79. The standard InChI is InChI=1S/C21H24N6O2/c28-20(15-1-2-18-19(11-15)24-13-23-18)25-16-4-8-27(12-16)21-22-7-3-17(26-21)14-5-9-29-10-6-14/h1-3,7,11,13-14,16H,4-6,8-10,12H2,(H,23,24)(H,25,28). The molecule has 2 aliphatic heterocycles. The van der Waals surface area contributed by atoms with Crippen LogP contribution in [0.1, 0.15) is 41.2 Å². The number of hydrogen-bond acceptors (Lipinski definition) is 6. The second-order valence-electron chi connectivity index (χ2n) is 7.71. The summed E-state index contributed by atoms with van der Waals surface area (Å²) in [6.07, 6.45) is 6.38. The fourth-order valence-electron chi connectivity index (χ4n) is 4.14. The molecule has 4 heterocycles. The Morgan fingerprint density at radius 2 is 2.07 bits per heavy atom. The number of nitrogens with zero attached hydrogens (tertiary/aromatic N) is 4. The Hall–Kier alpha value is -3.00. The van der Waals surface area contributed by atoms with E-state index in [4.69, 9.17) is 9.72 Å². The summed E-state index contributed by atoms with van der Waals surface area (Å²) in [7, 11) is 0. The number of rotatable bonds is 4. The van der Waals surface area contributed by atoms with E-state index >= 15 is 0 Å². The highest BCUT2D eigenvalue weighted by atomic mass is 16.5. The van der Waals surface area contributed by atoms with Crippen molar-refractivity contribution in [3.8, 4) is 0 Å². The van der Waals surface area contributed by atoms with Gasteiger partial charge in [-0.25, -0.2) is 15.0 Å². The predicted molar refractivity (Wildman–Crippen MR) is 109 cm³/mol. The zero-order valence-electron chi connectivity index (χ0n) is 16.2. The second-order valence-corrected chi connectivity index (χ2v) is 7.71. The van der Waals surface area contributed by atoms with E-state index in [0.29, 0.717) is 11.5 Å². The van der Waals surface area contributed by atoms with E-state index in [9.17, 15) is 4.79 Å². The smallest absolute Gasteiger partial charge is 0.251 e. The highest BCUT2D eigenvalue weighted by molar-refractivity contribution is 5.97. The van der Waals surface area contributed by atoms with Gasteiger partial charge >= 0.3 is 0 Å². The number of hydrogen-bond donors (Lipinski definition) is 2. The minimum absolute atomic E-state index is 0.0646. The number of benzene rings is 1. The molecule has 150 valence electrons. The third kappa shape index (κ3) is 3.80. The van der Waals surface area contributed by atoms with Gasteiger partial charge in [0.2, 0.25) is 5.95 Å². The van der Waals surface area contributed by atoms with Gasteiger partial charge in [0.15, 0.2) is 0 Å². The Kier molecular flexibility index (Phi) is 4.85. The lowest BCUT2D eigenvalue weighted by molar-refractivity contribution is 0.0845. The fraction of sp³-hybridized carbons (Fsp3) is 0.429. The Balaban J connectivity index is 1.23. The molecular weight excluding hydrogens is 368 g/mol. The van der Waals surface area contributed by atoms with Gasteiger partial charge in [-0.1, -0.05) is 0 Å². The summed E-state index contributed by atoms with van der Waals surface area (Å²) in [5.41, 5.74) is 3.45. The topological polar surface area (TPSA) is 96.0 Å². The van der Waals surface area contributed by atoms with Crippen molar-refractivity contribution in [1.29, 1.82) is 0 Å². The maximum Gasteiger partial charge on any atom is 0.251 e. The van der Waals surface area contributed by atoms with E-state index in [2.05, 4.69) is 25.2 Å². The molecule has 2 saturated heterocycles. The molecule has 1 atom stereocenters. The van der Waals surface area contributed by atoms with Crippen LogP contribution in [0.2, 0.25) is 0 Å². The second kappa shape index (κ2) is 7.79. The number of carbonyl (C=O) groups is 1. The number of nitrogens with one attached hydrogen (secondary N) is 2. The summed E-state index contributed by atoms with van der Waals surface area (Å²) in [6, 6.07) is 7.60. The highest BCUT2D eigenvalue weighted by Crippen LogP contribution is 2.27. The molecule has 3 aromatic rings. The molecule has 0 bridgehead atoms. The first kappa shape index (κ1) is 18.1. The first-order valence-corrected chi connectivity index (χ1v) is 10.2. The zero-order chi connectivity index (χ0) is 19.6. The van der Waals surface area contributed by atoms with Crippen molar-refractivity contribution in [2.45, 2.75) is 31.2 Å². The van der Waals surface area contributed by atoms with Gasteiger partial charge in [0.25, 0.3) is 5.91 Å². The summed E-state index contributed by atoms with van der Waals surface area (Å²) in [5.74, 6) is 1.14. The van der Waals surface area contributed by atoms with Crippen LogP contribution in [0.5, 0.6) is 0 Å². The Bertz CT molecular complexity index is 1010. The normalized spacial score (nSPS) is 20.3. The number of carbonyl (C=O) groups excluding carboxylic acids is 1. The Labute approximate surface area is 168 Å². The molecule has 8 heteroatoms. The van der Waals surface area contributed by atoms with Gasteiger partial charge in [-0.05, 0) is 43.5 Å². The van der Waals surface area contributed by atoms with Crippen LogP contribution in [0.15, 0.2) is 36.8 Å². The lowest BCUT2D eigenvalue weighted by Crippen LogP contribution is -2.37. The van der Waals surface area contributed by atoms with Crippen molar-refractivity contribution >= 4 is 22.9 Å². The summed E-state index contributed by atoms with van der Waals surface area (Å²) in [6.45, 7) is 3.15. The van der Waals surface area contributed by atoms with Crippen molar-refractivity contribution in [1.82, 2.24) is 25.3 Å². The van der Waals surface area contributed by atoms with E-state index in [0.717, 1.165) is 68.2 Å². The SMILES string of the molecule is O=C(NC1CCN(c2nccc(C3CCOCC3)n2)C1)c1ccc2nc[nH]c2c1. The van der Waals surface area contributed by atoms with Crippen molar-refractivity contribution in [3.05, 3.63) is 48.0 Å². The molecule has 2 aliphatic rings. The van der Waals surface area contributed by atoms with Gasteiger partial charge in [-0.15, -0.1) is 0 Å². The average Bonchev–Trinajstić information content (AvgIpc) is 3.43. The van der Waals surface area contributed by atoms with E-state index in [-0.39, 0.29) is 11.9 Å². The molecule has 2 aromatic heterocycles. The maximum absolute atomic E-state index is 12.7. The van der Waals surface area contributed by atoms with Crippen molar-refractivity contribution < 1.29 is 9.53 Å². The van der Waals surface area contributed by atoms with Crippen molar-refractivity contribution in [2.24, 2.45) is 0 Å². The maximum atomic E-state index is 12.7. The van der Waals surface area contributed by atoms with Crippen LogP contribution < -0.4 is 10.2 Å². The van der Waals surface area contributed by atoms with Gasteiger partial charge in [0.1, 0.15) is 0 Å². The molecule has 2 fully saturated rings. The first-order valence-electron chi connectivity index (χ1n) is 10.2. The van der Waals surface area contributed by atoms with Crippen LogP contribution in [0, 0.1) is 0 Å². The summed E-state index contributed by atoms with van der Waals surface area (Å²) in [4.78, 5) is 31.3. The number of amides is 1. The first-order chi connectivity index (χ1) is 14.3. The lowest BCUT2D eigenvalue weighted by Gasteiger charge is -2.23. The predicted octanol–water partition coefficient (Wildman–Crippen LogP) is 2.26. The zero-order valence-corrected chi connectivity index (χ0v) is 16.2. The summed E-state index contributed by atoms with van der Waals surface area (Å²) in [5, 5.41) is 3.14. The molecule has 0 spiro atoms. The minimum atomic E-state index is -0.0646. The van der Waals surface area contributed by atoms with Crippen LogP contribution >= 0.6 is 0 Å². The van der Waals surface area contributed by atoms with Crippen molar-refractivity contribution in [2.75, 3.05) is 31.2 Å². The Morgan fingerprint density at radius 1 is 1.17 bits per heavy atom. The molecule has 1 aromatic carbocycles. The van der Waals surface area contributed by atoms with Crippen LogP contribution in [-0.4, -0.2) is 58.2 Å². The molecule has 0 radical (unpaired) electrons. The van der Waals surface area contributed by atoms with Crippen LogP contribution in [0.3, 0.4) is 0 Å². The molecule has 1 unspecified atom stereocenters. The van der Waals surface area contributed by atoms with Crippen LogP contribution in [-0.2, 0) is 4.74 Å². The molecule has 0 saturated carbocycles.